The van der Waals surface area contributed by atoms with Crippen molar-refractivity contribution in [2.75, 3.05) is 19.4 Å². The first kappa shape index (κ1) is 14.4. The van der Waals surface area contributed by atoms with Gasteiger partial charge in [-0.25, -0.2) is 4.79 Å². The summed E-state index contributed by atoms with van der Waals surface area (Å²) in [4.78, 5) is 19.9. The van der Waals surface area contributed by atoms with E-state index in [9.17, 15) is 9.36 Å². The Kier molecular flexibility index (Phi) is 6.53. The second kappa shape index (κ2) is 6.81. The summed E-state index contributed by atoms with van der Waals surface area (Å²) in [6.07, 6.45) is 2.54. The van der Waals surface area contributed by atoms with Gasteiger partial charge in [0.1, 0.15) is 0 Å². The van der Waals surface area contributed by atoms with Crippen molar-refractivity contribution in [1.29, 1.82) is 0 Å². The molecule has 0 heterocycles. The molecule has 0 aromatic heterocycles. The van der Waals surface area contributed by atoms with Gasteiger partial charge in [0.05, 0.1) is 6.61 Å². The molecule has 0 amide bonds. The van der Waals surface area contributed by atoms with Gasteiger partial charge in [0.15, 0.2) is 7.37 Å². The Bertz CT molecular complexity index is 267. The maximum absolute atomic E-state index is 10.9. The maximum Gasteiger partial charge on any atom is 0.333 e. The second-order valence-corrected chi connectivity index (χ2v) is 6.30. The molecule has 15 heavy (non-hydrogen) atoms. The molecule has 5 heteroatoms. The summed E-state index contributed by atoms with van der Waals surface area (Å²) >= 11 is 0. The zero-order valence-corrected chi connectivity index (χ0v) is 10.3. The van der Waals surface area contributed by atoms with E-state index >= 15 is 0 Å². The highest BCUT2D eigenvalue weighted by Gasteiger charge is 2.08. The molecule has 0 aliphatic carbocycles. The highest BCUT2D eigenvalue weighted by Crippen LogP contribution is 2.36. The normalized spacial score (nSPS) is 14.3. The van der Waals surface area contributed by atoms with E-state index in [0.29, 0.717) is 24.8 Å². The van der Waals surface area contributed by atoms with Gasteiger partial charge in [0.25, 0.3) is 0 Å². The van der Waals surface area contributed by atoms with Crippen LogP contribution in [0.15, 0.2) is 12.2 Å². The fraction of sp³-hybridized carbons (Fsp3) is 0.700. The Hall–Kier alpha value is -0.600. The largest absolute Gasteiger partial charge is 0.462 e. The molecule has 0 spiro atoms. The van der Waals surface area contributed by atoms with Crippen molar-refractivity contribution in [2.45, 2.75) is 26.2 Å². The van der Waals surface area contributed by atoms with Gasteiger partial charge in [-0.2, -0.15) is 0 Å². The second-order valence-electron chi connectivity index (χ2n) is 3.75. The third kappa shape index (κ3) is 9.70. The zero-order chi connectivity index (χ0) is 11.9. The van der Waals surface area contributed by atoms with Gasteiger partial charge in [0.2, 0.25) is 0 Å². The van der Waals surface area contributed by atoms with Gasteiger partial charge in [0, 0.05) is 18.4 Å². The summed E-state index contributed by atoms with van der Waals surface area (Å²) < 4.78 is 15.8. The smallest absolute Gasteiger partial charge is 0.333 e. The van der Waals surface area contributed by atoms with Gasteiger partial charge >= 0.3 is 5.97 Å². The number of hydrogen-bond donors (Lipinski definition) is 1. The number of carbonyl (C=O) groups excluding carboxylic acids is 1. The lowest BCUT2D eigenvalue weighted by Crippen LogP contribution is -2.06. The molecule has 0 saturated heterocycles. The van der Waals surface area contributed by atoms with Crippen molar-refractivity contribution in [3.05, 3.63) is 12.2 Å². The topological polar surface area (TPSA) is 63.6 Å². The van der Waals surface area contributed by atoms with Crippen LogP contribution < -0.4 is 0 Å². The number of hydrogen-bond acceptors (Lipinski definition) is 3. The molecule has 0 aromatic carbocycles. The van der Waals surface area contributed by atoms with Crippen molar-refractivity contribution < 1.29 is 19.0 Å². The molecule has 0 saturated carbocycles. The minimum atomic E-state index is -2.87. The van der Waals surface area contributed by atoms with E-state index in [0.717, 1.165) is 12.8 Å². The van der Waals surface area contributed by atoms with Crippen LogP contribution >= 0.6 is 7.37 Å². The van der Waals surface area contributed by atoms with Crippen LogP contribution in [-0.2, 0) is 14.1 Å². The minimum absolute atomic E-state index is 0.335. The number of rotatable bonds is 7. The first-order valence-corrected chi connectivity index (χ1v) is 7.24. The molecule has 1 atom stereocenters. The third-order valence-electron chi connectivity index (χ3n) is 1.80. The molecule has 0 rings (SSSR count). The molecule has 0 fully saturated rings. The summed E-state index contributed by atoms with van der Waals surface area (Å²) in [6, 6.07) is 0. The van der Waals surface area contributed by atoms with Crippen LogP contribution in [0.4, 0.5) is 0 Å². The summed E-state index contributed by atoms with van der Waals surface area (Å²) in [6.45, 7) is 6.76. The van der Waals surface area contributed by atoms with E-state index in [1.54, 1.807) is 6.92 Å². The number of esters is 1. The summed E-state index contributed by atoms with van der Waals surface area (Å²) in [5.41, 5.74) is 0.392. The number of carbonyl (C=O) groups is 1. The lowest BCUT2D eigenvalue weighted by Gasteiger charge is -2.05. The van der Waals surface area contributed by atoms with Gasteiger partial charge in [-0.1, -0.05) is 6.58 Å². The van der Waals surface area contributed by atoms with E-state index < -0.39 is 7.37 Å². The zero-order valence-electron chi connectivity index (χ0n) is 9.36. The fourth-order valence-electron chi connectivity index (χ4n) is 0.972. The molecule has 0 bridgehead atoms. The molecule has 4 nitrogen and oxygen atoms in total. The van der Waals surface area contributed by atoms with E-state index in [-0.39, 0.29) is 5.97 Å². The predicted octanol–water partition coefficient (Wildman–Crippen LogP) is 2.18. The minimum Gasteiger partial charge on any atom is -0.462 e. The summed E-state index contributed by atoms with van der Waals surface area (Å²) in [5, 5.41) is 0. The van der Waals surface area contributed by atoms with Crippen molar-refractivity contribution in [2.24, 2.45) is 0 Å². The van der Waals surface area contributed by atoms with E-state index in [4.69, 9.17) is 9.63 Å². The highest BCUT2D eigenvalue weighted by molar-refractivity contribution is 7.57. The van der Waals surface area contributed by atoms with E-state index in [1.807, 2.05) is 0 Å². The lowest BCUT2D eigenvalue weighted by atomic mass is 10.3. The SMILES string of the molecule is C=C(C)C(=O)OCCCCCP(C)(=O)O. The van der Waals surface area contributed by atoms with Gasteiger partial charge < -0.3 is 9.63 Å². The van der Waals surface area contributed by atoms with Crippen LogP contribution in [0.3, 0.4) is 0 Å². The molecule has 1 N–H and O–H groups in total. The van der Waals surface area contributed by atoms with Crippen molar-refractivity contribution in [3.8, 4) is 0 Å². The van der Waals surface area contributed by atoms with Crippen LogP contribution in [0.5, 0.6) is 0 Å². The summed E-state index contributed by atoms with van der Waals surface area (Å²) in [5.74, 6) is -0.377. The van der Waals surface area contributed by atoms with Gasteiger partial charge in [-0.3, -0.25) is 4.57 Å². The monoisotopic (exact) mass is 234 g/mol. The Morgan fingerprint density at radius 3 is 2.47 bits per heavy atom. The average molecular weight is 234 g/mol. The van der Waals surface area contributed by atoms with Crippen molar-refractivity contribution in [3.63, 3.8) is 0 Å². The molecule has 1 unspecified atom stereocenters. The van der Waals surface area contributed by atoms with Gasteiger partial charge in [-0.15, -0.1) is 0 Å². The molecule has 0 radical (unpaired) electrons. The number of ether oxygens (including phenoxy) is 1. The van der Waals surface area contributed by atoms with Crippen LogP contribution in [0, 0.1) is 0 Å². The Balaban J connectivity index is 3.37. The van der Waals surface area contributed by atoms with Crippen molar-refractivity contribution in [1.82, 2.24) is 0 Å². The van der Waals surface area contributed by atoms with Crippen LogP contribution in [-0.4, -0.2) is 30.3 Å². The molecular formula is C10H19O4P. The molecule has 0 aliphatic heterocycles. The van der Waals surface area contributed by atoms with Crippen LogP contribution in [0.2, 0.25) is 0 Å². The fourth-order valence-corrected chi connectivity index (χ4v) is 1.78. The van der Waals surface area contributed by atoms with E-state index in [2.05, 4.69) is 6.58 Å². The third-order valence-corrected chi connectivity index (χ3v) is 2.94. The maximum atomic E-state index is 10.9. The quantitative estimate of drug-likeness (QED) is 0.317. The average Bonchev–Trinajstić information content (AvgIpc) is 2.08. The van der Waals surface area contributed by atoms with Crippen LogP contribution in [0.1, 0.15) is 26.2 Å². The van der Waals surface area contributed by atoms with Crippen molar-refractivity contribution >= 4 is 13.3 Å². The first-order valence-electron chi connectivity index (χ1n) is 4.95. The number of unbranched alkanes of at least 4 members (excludes halogenated alkanes) is 2. The Labute approximate surface area is 90.8 Å². The standard InChI is InChI=1S/C10H19O4P/c1-9(2)10(11)14-7-5-4-6-8-15(3,12)13/h1,4-8H2,2-3H3,(H,12,13). The lowest BCUT2D eigenvalue weighted by molar-refractivity contribution is -0.139. The highest BCUT2D eigenvalue weighted by atomic mass is 31.2. The van der Waals surface area contributed by atoms with Crippen LogP contribution in [0.25, 0.3) is 0 Å². The summed E-state index contributed by atoms with van der Waals surface area (Å²) in [7, 11) is -2.87. The first-order chi connectivity index (χ1) is 6.83. The predicted molar refractivity (Wildman–Crippen MR) is 60.2 cm³/mol. The molecular weight excluding hydrogens is 215 g/mol. The van der Waals surface area contributed by atoms with Gasteiger partial charge in [-0.05, 0) is 26.2 Å². The Morgan fingerprint density at radius 1 is 1.40 bits per heavy atom. The molecule has 0 aliphatic rings. The van der Waals surface area contributed by atoms with E-state index in [1.165, 1.54) is 6.66 Å². The molecule has 0 aromatic rings. The Morgan fingerprint density at radius 2 is 2.00 bits per heavy atom. The molecule has 88 valence electrons.